The number of benzene rings is 2. The van der Waals surface area contributed by atoms with Crippen molar-refractivity contribution >= 4 is 35.1 Å². The van der Waals surface area contributed by atoms with Crippen molar-refractivity contribution in [3.8, 4) is 0 Å². The van der Waals surface area contributed by atoms with Crippen LogP contribution < -0.4 is 0 Å². The number of carbonyl (C=O) groups is 2. The summed E-state index contributed by atoms with van der Waals surface area (Å²) in [5, 5.41) is 1.26. The fourth-order valence-corrected chi connectivity index (χ4v) is 5.54. The van der Waals surface area contributed by atoms with E-state index in [2.05, 4.69) is 0 Å². The van der Waals surface area contributed by atoms with Crippen molar-refractivity contribution in [3.05, 3.63) is 69.7 Å². The molecule has 0 saturated carbocycles. The topological polar surface area (TPSA) is 55.8 Å². The molecule has 0 radical (unpaired) electrons. The molecule has 184 valence electrons. The lowest BCUT2D eigenvalue weighted by molar-refractivity contribution is -0.164. The Balaban J connectivity index is 2.25. The predicted molar refractivity (Wildman–Crippen MR) is 135 cm³/mol. The first kappa shape index (κ1) is 26.5. The summed E-state index contributed by atoms with van der Waals surface area (Å²) >= 11 is 12.6. The molecule has 7 heteroatoms. The molecule has 1 aliphatic rings. The van der Waals surface area contributed by atoms with Crippen LogP contribution in [0.25, 0.3) is 0 Å². The third-order valence-corrected chi connectivity index (χ3v) is 7.53. The summed E-state index contributed by atoms with van der Waals surface area (Å²) in [5.41, 5.74) is 1.05. The van der Waals surface area contributed by atoms with Gasteiger partial charge in [-0.15, -0.1) is 0 Å². The van der Waals surface area contributed by atoms with Crippen LogP contribution in [0, 0.1) is 5.41 Å². The molecule has 5 atom stereocenters. The number of hydrogen-bond acceptors (Lipinski definition) is 4. The minimum Gasteiger partial charge on any atom is -0.469 e. The lowest BCUT2D eigenvalue weighted by Gasteiger charge is -2.52. The van der Waals surface area contributed by atoms with Crippen molar-refractivity contribution in [2.75, 3.05) is 14.2 Å². The van der Waals surface area contributed by atoms with E-state index in [-0.39, 0.29) is 36.4 Å². The Kier molecular flexibility index (Phi) is 8.66. The zero-order valence-electron chi connectivity index (χ0n) is 20.4. The van der Waals surface area contributed by atoms with E-state index in [9.17, 15) is 9.59 Å². The van der Waals surface area contributed by atoms with E-state index in [1.54, 1.807) is 7.11 Å². The van der Waals surface area contributed by atoms with Gasteiger partial charge in [0.05, 0.1) is 37.1 Å². The van der Waals surface area contributed by atoms with Crippen molar-refractivity contribution in [2.24, 2.45) is 5.41 Å². The molecule has 34 heavy (non-hydrogen) atoms. The summed E-state index contributed by atoms with van der Waals surface area (Å²) in [6, 6.07) is 14.9. The van der Waals surface area contributed by atoms with Gasteiger partial charge in [-0.1, -0.05) is 61.3 Å². The van der Waals surface area contributed by atoms with Gasteiger partial charge in [-0.3, -0.25) is 9.59 Å². The summed E-state index contributed by atoms with van der Waals surface area (Å²) in [6.07, 6.45) is 0.968. The van der Waals surface area contributed by atoms with Crippen molar-refractivity contribution < 1.29 is 19.1 Å². The Hall–Kier alpha value is -2.08. The minimum absolute atomic E-state index is 0.00103. The molecular weight excluding hydrogens is 473 g/mol. The molecule has 2 aromatic rings. The lowest BCUT2D eigenvalue weighted by Crippen LogP contribution is -2.58. The van der Waals surface area contributed by atoms with Crippen molar-refractivity contribution in [3.63, 3.8) is 0 Å². The minimum atomic E-state index is -0.941. The first-order valence-electron chi connectivity index (χ1n) is 11.6. The number of amides is 1. The Morgan fingerprint density at radius 3 is 2.35 bits per heavy atom. The number of methoxy groups -OCH3 is 2. The van der Waals surface area contributed by atoms with Gasteiger partial charge in [0.2, 0.25) is 5.91 Å². The van der Waals surface area contributed by atoms with Crippen molar-refractivity contribution in [2.45, 2.75) is 64.1 Å². The molecule has 0 spiro atoms. The van der Waals surface area contributed by atoms with E-state index in [1.807, 2.05) is 74.2 Å². The molecule has 5 nitrogen and oxygen atoms in total. The van der Waals surface area contributed by atoms with Gasteiger partial charge in [0, 0.05) is 23.1 Å². The molecule has 0 aliphatic carbocycles. The van der Waals surface area contributed by atoms with Crippen molar-refractivity contribution in [1.29, 1.82) is 0 Å². The second-order valence-corrected chi connectivity index (χ2v) is 10.2. The highest BCUT2D eigenvalue weighted by atomic mass is 35.5. The summed E-state index contributed by atoms with van der Waals surface area (Å²) in [5.74, 6) is -0.587. The van der Waals surface area contributed by atoms with E-state index in [0.717, 1.165) is 11.1 Å². The highest BCUT2D eigenvalue weighted by Gasteiger charge is 2.53. The number of esters is 1. The third kappa shape index (κ3) is 5.42. The zero-order valence-corrected chi connectivity index (χ0v) is 21.9. The summed E-state index contributed by atoms with van der Waals surface area (Å²) in [6.45, 7) is 5.88. The van der Waals surface area contributed by atoms with Crippen LogP contribution in [-0.4, -0.2) is 43.1 Å². The van der Waals surface area contributed by atoms with Gasteiger partial charge in [0.1, 0.15) is 0 Å². The number of rotatable bonds is 8. The highest BCUT2D eigenvalue weighted by Crippen LogP contribution is 2.52. The molecule has 1 heterocycles. The maximum absolute atomic E-state index is 14.2. The zero-order chi connectivity index (χ0) is 25.0. The van der Waals surface area contributed by atoms with Crippen LogP contribution in [0.1, 0.15) is 63.1 Å². The Morgan fingerprint density at radius 2 is 1.79 bits per heavy atom. The molecule has 1 amide bonds. The Morgan fingerprint density at radius 1 is 1.12 bits per heavy atom. The van der Waals surface area contributed by atoms with Crippen LogP contribution >= 0.6 is 23.2 Å². The molecule has 3 rings (SSSR count). The largest absolute Gasteiger partial charge is 0.469 e. The molecule has 2 aromatic carbocycles. The van der Waals surface area contributed by atoms with Crippen LogP contribution in [0.15, 0.2) is 48.5 Å². The van der Waals surface area contributed by atoms with E-state index in [4.69, 9.17) is 32.7 Å². The van der Waals surface area contributed by atoms with Gasteiger partial charge in [-0.2, -0.15) is 0 Å². The first-order valence-corrected chi connectivity index (χ1v) is 12.3. The number of nitrogens with zero attached hydrogens (tertiary/aromatic N) is 1. The number of ether oxygens (including phenoxy) is 2. The SMILES string of the molecule is CCC(C(C)OC)N1C(=O)[C@@](C)(CC(=O)OC)CC(c2cccc(Cl)c2)[C@H]1c1ccc(Cl)cc1. The summed E-state index contributed by atoms with van der Waals surface area (Å²) in [4.78, 5) is 28.6. The van der Waals surface area contributed by atoms with E-state index in [1.165, 1.54) is 7.11 Å². The quantitative estimate of drug-likeness (QED) is 0.387. The summed E-state index contributed by atoms with van der Waals surface area (Å²) < 4.78 is 10.7. The van der Waals surface area contributed by atoms with Crippen molar-refractivity contribution in [1.82, 2.24) is 4.90 Å². The van der Waals surface area contributed by atoms with Crippen LogP contribution in [0.2, 0.25) is 10.0 Å². The standard InChI is InChI=1S/C27H33Cl2NO4/c1-6-23(17(2)33-4)30-25(18-10-12-20(28)13-11-18)22(19-8-7-9-21(29)14-19)15-27(3,26(30)32)16-24(31)34-5/h7-14,17,22-23,25H,6,15-16H2,1-5H3/t17?,22?,23?,25-,27-/m1/s1. The fourth-order valence-electron chi connectivity index (χ4n) is 5.21. The second-order valence-electron chi connectivity index (χ2n) is 9.30. The molecule has 3 unspecified atom stereocenters. The molecule has 1 aliphatic heterocycles. The average molecular weight is 506 g/mol. The van der Waals surface area contributed by atoms with E-state index in [0.29, 0.717) is 22.9 Å². The number of piperidine rings is 1. The van der Waals surface area contributed by atoms with Gasteiger partial charge in [0.25, 0.3) is 0 Å². The predicted octanol–water partition coefficient (Wildman–Crippen LogP) is 6.43. The number of carbonyl (C=O) groups excluding carboxylic acids is 2. The molecule has 0 aromatic heterocycles. The van der Waals surface area contributed by atoms with Gasteiger partial charge in [0.15, 0.2) is 0 Å². The van der Waals surface area contributed by atoms with Crippen LogP contribution in [0.3, 0.4) is 0 Å². The molecule has 0 bridgehead atoms. The van der Waals surface area contributed by atoms with Crippen LogP contribution in [0.5, 0.6) is 0 Å². The lowest BCUT2D eigenvalue weighted by atomic mass is 9.67. The fraction of sp³-hybridized carbons (Fsp3) is 0.481. The van der Waals surface area contributed by atoms with Gasteiger partial charge < -0.3 is 14.4 Å². The number of hydrogen-bond donors (Lipinski definition) is 0. The van der Waals surface area contributed by atoms with Crippen LogP contribution in [-0.2, 0) is 19.1 Å². The van der Waals surface area contributed by atoms with Gasteiger partial charge in [-0.25, -0.2) is 0 Å². The van der Waals surface area contributed by atoms with E-state index < -0.39 is 11.4 Å². The van der Waals surface area contributed by atoms with Gasteiger partial charge in [-0.05, 0) is 55.2 Å². The number of likely N-dealkylation sites (tertiary alicyclic amines) is 1. The molecule has 0 N–H and O–H groups in total. The first-order chi connectivity index (χ1) is 16.1. The maximum atomic E-state index is 14.2. The molecule has 1 saturated heterocycles. The Bertz CT molecular complexity index is 1010. The third-order valence-electron chi connectivity index (χ3n) is 7.04. The second kappa shape index (κ2) is 11.1. The van der Waals surface area contributed by atoms with E-state index >= 15 is 0 Å². The summed E-state index contributed by atoms with van der Waals surface area (Å²) in [7, 11) is 3.00. The van der Waals surface area contributed by atoms with Crippen LogP contribution in [0.4, 0.5) is 0 Å². The smallest absolute Gasteiger partial charge is 0.306 e. The average Bonchev–Trinajstić information content (AvgIpc) is 2.82. The molecular formula is C27H33Cl2NO4. The number of halogens is 2. The van der Waals surface area contributed by atoms with Gasteiger partial charge >= 0.3 is 5.97 Å². The normalized spacial score (nSPS) is 24.6. The maximum Gasteiger partial charge on any atom is 0.306 e. The Labute approximate surface area is 212 Å². The molecule has 1 fully saturated rings. The highest BCUT2D eigenvalue weighted by molar-refractivity contribution is 6.30. The monoisotopic (exact) mass is 505 g/mol.